The first-order valence-electron chi connectivity index (χ1n) is 6.23. The fourth-order valence-electron chi connectivity index (χ4n) is 1.96. The Morgan fingerprint density at radius 2 is 1.76 bits per heavy atom. The minimum Gasteiger partial charge on any atom is -0.486 e. The Kier molecular flexibility index (Phi) is 3.94. The molecule has 21 heavy (non-hydrogen) atoms. The summed E-state index contributed by atoms with van der Waals surface area (Å²) in [5.74, 6) is 1.02. The van der Waals surface area contributed by atoms with Crippen LogP contribution in [0.2, 0.25) is 0 Å². The van der Waals surface area contributed by atoms with E-state index < -0.39 is 10.0 Å². The van der Waals surface area contributed by atoms with Crippen molar-refractivity contribution < 1.29 is 17.9 Å². The Hall–Kier alpha value is -1.48. The maximum atomic E-state index is 12.4. The quantitative estimate of drug-likeness (QED) is 0.781. The Morgan fingerprint density at radius 1 is 1.00 bits per heavy atom. The largest absolute Gasteiger partial charge is 0.486 e. The number of hydrogen-bond acceptors (Lipinski definition) is 4. The first kappa shape index (κ1) is 14.5. The third-order valence-electron chi connectivity index (χ3n) is 2.90. The van der Waals surface area contributed by atoms with Crippen LogP contribution in [0.3, 0.4) is 0 Å². The molecular weight excluding hydrogens is 405 g/mol. The number of fused-ring (bicyclic) bond motifs is 1. The summed E-state index contributed by atoms with van der Waals surface area (Å²) in [4.78, 5) is 0.144. The average molecular weight is 417 g/mol. The van der Waals surface area contributed by atoms with E-state index in [1.165, 1.54) is 12.1 Å². The van der Waals surface area contributed by atoms with E-state index in [0.717, 1.165) is 3.57 Å². The summed E-state index contributed by atoms with van der Waals surface area (Å²) in [6.07, 6.45) is 0. The van der Waals surface area contributed by atoms with Crippen LogP contribution in [0.25, 0.3) is 0 Å². The van der Waals surface area contributed by atoms with E-state index in [0.29, 0.717) is 30.4 Å². The molecule has 1 aliphatic rings. The molecule has 0 bridgehead atoms. The van der Waals surface area contributed by atoms with Crippen molar-refractivity contribution in [2.24, 2.45) is 0 Å². The lowest BCUT2D eigenvalue weighted by atomic mass is 10.3. The van der Waals surface area contributed by atoms with Crippen LogP contribution < -0.4 is 14.2 Å². The molecule has 2 aromatic carbocycles. The summed E-state index contributed by atoms with van der Waals surface area (Å²) in [7, 11) is -3.65. The van der Waals surface area contributed by atoms with Gasteiger partial charge in [0.2, 0.25) is 0 Å². The molecular formula is C14H12INO4S. The number of rotatable bonds is 3. The average Bonchev–Trinajstić information content (AvgIpc) is 2.46. The van der Waals surface area contributed by atoms with Gasteiger partial charge in [-0.2, -0.15) is 0 Å². The summed E-state index contributed by atoms with van der Waals surface area (Å²) in [5.41, 5.74) is 0.525. The predicted octanol–water partition coefficient (Wildman–Crippen LogP) is 2.86. The van der Waals surface area contributed by atoms with Crippen LogP contribution in [0, 0.1) is 3.57 Å². The molecule has 0 saturated carbocycles. The van der Waals surface area contributed by atoms with Gasteiger partial charge < -0.3 is 9.47 Å². The van der Waals surface area contributed by atoms with Gasteiger partial charge in [0.05, 0.1) is 4.90 Å². The molecule has 5 nitrogen and oxygen atoms in total. The van der Waals surface area contributed by atoms with Gasteiger partial charge in [-0.3, -0.25) is 4.72 Å². The van der Waals surface area contributed by atoms with Gasteiger partial charge in [-0.25, -0.2) is 8.42 Å². The van der Waals surface area contributed by atoms with E-state index in [9.17, 15) is 8.42 Å². The van der Waals surface area contributed by atoms with Crippen molar-refractivity contribution >= 4 is 38.3 Å². The highest BCUT2D eigenvalue weighted by Crippen LogP contribution is 2.32. The van der Waals surface area contributed by atoms with E-state index in [1.54, 1.807) is 24.3 Å². The first-order valence-corrected chi connectivity index (χ1v) is 8.79. The van der Waals surface area contributed by atoms with E-state index in [2.05, 4.69) is 27.3 Å². The minimum absolute atomic E-state index is 0.144. The summed E-state index contributed by atoms with van der Waals surface area (Å²) in [5, 5.41) is 0. The van der Waals surface area contributed by atoms with Crippen molar-refractivity contribution in [3.05, 3.63) is 46.0 Å². The zero-order valence-electron chi connectivity index (χ0n) is 10.9. The number of benzene rings is 2. The molecule has 0 spiro atoms. The van der Waals surface area contributed by atoms with Gasteiger partial charge in [0, 0.05) is 15.3 Å². The van der Waals surface area contributed by atoms with Crippen LogP contribution in [0.5, 0.6) is 11.5 Å². The zero-order chi connectivity index (χ0) is 14.9. The molecule has 0 aliphatic carbocycles. The molecule has 1 N–H and O–H groups in total. The van der Waals surface area contributed by atoms with E-state index in [1.807, 2.05) is 6.07 Å². The van der Waals surface area contributed by atoms with Gasteiger partial charge in [-0.1, -0.05) is 6.07 Å². The molecule has 3 rings (SSSR count). The number of sulfonamides is 1. The molecule has 2 aromatic rings. The van der Waals surface area contributed by atoms with Crippen molar-refractivity contribution in [1.29, 1.82) is 0 Å². The van der Waals surface area contributed by atoms with Crippen LogP contribution in [-0.2, 0) is 10.0 Å². The van der Waals surface area contributed by atoms with Gasteiger partial charge in [0.15, 0.2) is 11.5 Å². The maximum absolute atomic E-state index is 12.4. The first-order chi connectivity index (χ1) is 10.0. The molecule has 0 fully saturated rings. The van der Waals surface area contributed by atoms with Crippen LogP contribution in [-0.4, -0.2) is 21.6 Å². The van der Waals surface area contributed by atoms with Crippen LogP contribution >= 0.6 is 22.6 Å². The lowest BCUT2D eigenvalue weighted by Crippen LogP contribution is -2.17. The number of ether oxygens (including phenoxy) is 2. The maximum Gasteiger partial charge on any atom is 0.262 e. The molecule has 0 saturated heterocycles. The lowest BCUT2D eigenvalue weighted by molar-refractivity contribution is 0.171. The fourth-order valence-corrected chi connectivity index (χ4v) is 3.56. The van der Waals surface area contributed by atoms with Gasteiger partial charge in [0.1, 0.15) is 13.2 Å². The molecule has 7 heteroatoms. The standard InChI is InChI=1S/C14H12INO4S/c15-10-2-1-3-11(8-10)16-21(17,18)12-4-5-13-14(9-12)20-7-6-19-13/h1-5,8-9,16H,6-7H2. The minimum atomic E-state index is -3.65. The second-order valence-electron chi connectivity index (χ2n) is 4.42. The van der Waals surface area contributed by atoms with Crippen molar-refractivity contribution in [3.63, 3.8) is 0 Å². The fraction of sp³-hybridized carbons (Fsp3) is 0.143. The monoisotopic (exact) mass is 417 g/mol. The highest BCUT2D eigenvalue weighted by atomic mass is 127. The third kappa shape index (κ3) is 3.24. The Bertz CT molecular complexity index is 776. The van der Waals surface area contributed by atoms with Crippen molar-refractivity contribution in [3.8, 4) is 11.5 Å². The third-order valence-corrected chi connectivity index (χ3v) is 4.95. The smallest absolute Gasteiger partial charge is 0.262 e. The van der Waals surface area contributed by atoms with Crippen molar-refractivity contribution in [1.82, 2.24) is 0 Å². The molecule has 1 aliphatic heterocycles. The second kappa shape index (κ2) is 5.72. The van der Waals surface area contributed by atoms with Crippen molar-refractivity contribution in [2.75, 3.05) is 17.9 Å². The molecule has 0 atom stereocenters. The number of nitrogens with one attached hydrogen (secondary N) is 1. The SMILES string of the molecule is O=S(=O)(Nc1cccc(I)c1)c1ccc2c(c1)OCCO2. The second-order valence-corrected chi connectivity index (χ2v) is 7.35. The van der Waals surface area contributed by atoms with E-state index in [-0.39, 0.29) is 4.90 Å². The number of anilines is 1. The van der Waals surface area contributed by atoms with Crippen LogP contribution in [0.15, 0.2) is 47.4 Å². The highest BCUT2D eigenvalue weighted by Gasteiger charge is 2.19. The van der Waals surface area contributed by atoms with Gasteiger partial charge in [-0.15, -0.1) is 0 Å². The van der Waals surface area contributed by atoms with E-state index in [4.69, 9.17) is 9.47 Å². The topological polar surface area (TPSA) is 64.6 Å². The lowest BCUT2D eigenvalue weighted by Gasteiger charge is -2.19. The Labute approximate surface area is 136 Å². The summed E-state index contributed by atoms with van der Waals surface area (Å²) < 4.78 is 39.1. The molecule has 0 amide bonds. The number of hydrogen-bond donors (Lipinski definition) is 1. The highest BCUT2D eigenvalue weighted by molar-refractivity contribution is 14.1. The van der Waals surface area contributed by atoms with Gasteiger partial charge >= 0.3 is 0 Å². The van der Waals surface area contributed by atoms with E-state index >= 15 is 0 Å². The molecule has 110 valence electrons. The summed E-state index contributed by atoms with van der Waals surface area (Å²) >= 11 is 2.13. The van der Waals surface area contributed by atoms with Gasteiger partial charge in [-0.05, 0) is 52.9 Å². The molecule has 0 unspecified atom stereocenters. The zero-order valence-corrected chi connectivity index (χ0v) is 13.8. The Morgan fingerprint density at radius 3 is 2.52 bits per heavy atom. The number of halogens is 1. The predicted molar refractivity (Wildman–Crippen MR) is 87.4 cm³/mol. The molecule has 1 heterocycles. The normalized spacial score (nSPS) is 13.8. The summed E-state index contributed by atoms with van der Waals surface area (Å²) in [6.45, 7) is 0.889. The van der Waals surface area contributed by atoms with Crippen LogP contribution in [0.4, 0.5) is 5.69 Å². The van der Waals surface area contributed by atoms with Crippen LogP contribution in [0.1, 0.15) is 0 Å². The van der Waals surface area contributed by atoms with Crippen molar-refractivity contribution in [2.45, 2.75) is 4.90 Å². The summed E-state index contributed by atoms with van der Waals surface area (Å²) in [6, 6.07) is 11.7. The molecule has 0 radical (unpaired) electrons. The Balaban J connectivity index is 1.91. The molecule has 0 aromatic heterocycles. The van der Waals surface area contributed by atoms with Gasteiger partial charge in [0.25, 0.3) is 10.0 Å².